The molecule has 1 fully saturated rings. The molecule has 2 aromatic rings. The normalized spacial score (nSPS) is 15.7. The van der Waals surface area contributed by atoms with Gasteiger partial charge in [-0.25, -0.2) is 4.98 Å². The van der Waals surface area contributed by atoms with Crippen molar-refractivity contribution in [3.8, 4) is 0 Å². The molecule has 5 nitrogen and oxygen atoms in total. The van der Waals surface area contributed by atoms with Crippen LogP contribution in [0.3, 0.4) is 0 Å². The van der Waals surface area contributed by atoms with Crippen LogP contribution in [0.25, 0.3) is 0 Å². The number of piperidine rings is 1. The van der Waals surface area contributed by atoms with Crippen molar-refractivity contribution >= 4 is 17.7 Å². The zero-order valence-corrected chi connectivity index (χ0v) is 15.1. The highest BCUT2D eigenvalue weighted by Gasteiger charge is 2.23. The van der Waals surface area contributed by atoms with Crippen molar-refractivity contribution in [1.29, 1.82) is 0 Å². The second-order valence-electron chi connectivity index (χ2n) is 6.30. The molecule has 0 bridgehead atoms. The number of rotatable bonds is 5. The highest BCUT2D eigenvalue weighted by molar-refractivity contribution is 8.00. The highest BCUT2D eigenvalue weighted by atomic mass is 32.2. The Morgan fingerprint density at radius 3 is 2.71 bits per heavy atom. The number of nitrogens with one attached hydrogen (secondary N) is 1. The third kappa shape index (κ3) is 4.38. The molecule has 1 aliphatic rings. The number of nitrogens with zero attached hydrogens (tertiary/aromatic N) is 3. The predicted octanol–water partition coefficient (Wildman–Crippen LogP) is 3.14. The van der Waals surface area contributed by atoms with Crippen LogP contribution < -0.4 is 0 Å². The Kier molecular flexibility index (Phi) is 5.56. The first kappa shape index (κ1) is 17.0. The number of carbonyl (C=O) groups excluding carboxylic acids is 1. The Balaban J connectivity index is 1.44. The van der Waals surface area contributed by atoms with Crippen molar-refractivity contribution < 1.29 is 4.79 Å². The number of thioether (sulfide) groups is 1. The van der Waals surface area contributed by atoms with E-state index in [0.29, 0.717) is 18.1 Å². The van der Waals surface area contributed by atoms with Crippen LogP contribution in [0.15, 0.2) is 29.2 Å². The van der Waals surface area contributed by atoms with Gasteiger partial charge < -0.3 is 4.90 Å². The molecule has 0 spiro atoms. The molecule has 24 heavy (non-hydrogen) atoms. The maximum Gasteiger partial charge on any atom is 0.223 e. The van der Waals surface area contributed by atoms with Crippen LogP contribution in [0.5, 0.6) is 0 Å². The van der Waals surface area contributed by atoms with E-state index in [2.05, 4.69) is 46.4 Å². The summed E-state index contributed by atoms with van der Waals surface area (Å²) >= 11 is 1.96. The molecule has 1 N–H and O–H groups in total. The number of aromatic amines is 1. The molecule has 2 heterocycles. The van der Waals surface area contributed by atoms with Gasteiger partial charge in [0.05, 0.1) is 0 Å². The first-order valence-corrected chi connectivity index (χ1v) is 9.38. The van der Waals surface area contributed by atoms with Gasteiger partial charge in [-0.05, 0) is 38.3 Å². The van der Waals surface area contributed by atoms with Gasteiger partial charge in [0.15, 0.2) is 5.82 Å². The lowest BCUT2D eigenvalue weighted by molar-refractivity contribution is -0.132. The van der Waals surface area contributed by atoms with E-state index in [1.165, 1.54) is 10.5 Å². The summed E-state index contributed by atoms with van der Waals surface area (Å²) in [6.07, 6.45) is 3.23. The minimum atomic E-state index is 0.219. The van der Waals surface area contributed by atoms with E-state index in [1.54, 1.807) is 0 Å². The van der Waals surface area contributed by atoms with Gasteiger partial charge in [-0.2, -0.15) is 5.10 Å². The monoisotopic (exact) mass is 344 g/mol. The molecule has 1 aromatic heterocycles. The standard InChI is InChI=1S/C18H24N4OS/c1-13-5-3-4-6-16(13)24-15-9-11-22(12-10-15)18(23)8-7-17-19-14(2)20-21-17/h3-6,15H,7-12H2,1-2H3,(H,19,20,21). The average molecular weight is 344 g/mol. The van der Waals surface area contributed by atoms with Crippen LogP contribution in [-0.2, 0) is 11.2 Å². The summed E-state index contributed by atoms with van der Waals surface area (Å²) in [5.74, 6) is 1.74. The number of aryl methyl sites for hydroxylation is 3. The van der Waals surface area contributed by atoms with E-state index in [0.717, 1.165) is 37.6 Å². The van der Waals surface area contributed by atoms with Crippen molar-refractivity contribution in [2.75, 3.05) is 13.1 Å². The Bertz CT molecular complexity index is 692. The fraction of sp³-hybridized carbons (Fsp3) is 0.500. The maximum atomic E-state index is 12.4. The van der Waals surface area contributed by atoms with E-state index >= 15 is 0 Å². The van der Waals surface area contributed by atoms with Gasteiger partial charge in [-0.1, -0.05) is 18.2 Å². The summed E-state index contributed by atoms with van der Waals surface area (Å²) in [5, 5.41) is 7.51. The van der Waals surface area contributed by atoms with Gasteiger partial charge in [0.1, 0.15) is 5.82 Å². The largest absolute Gasteiger partial charge is 0.343 e. The first-order chi connectivity index (χ1) is 11.6. The Labute approximate surface area is 147 Å². The predicted molar refractivity (Wildman–Crippen MR) is 96.1 cm³/mol. The van der Waals surface area contributed by atoms with E-state index in [9.17, 15) is 4.79 Å². The Morgan fingerprint density at radius 1 is 1.29 bits per heavy atom. The fourth-order valence-electron chi connectivity index (χ4n) is 2.97. The van der Waals surface area contributed by atoms with E-state index in [-0.39, 0.29) is 5.91 Å². The molecule has 3 rings (SSSR count). The van der Waals surface area contributed by atoms with Gasteiger partial charge in [0.2, 0.25) is 5.91 Å². The summed E-state index contributed by atoms with van der Waals surface area (Å²) in [5.41, 5.74) is 1.34. The summed E-state index contributed by atoms with van der Waals surface area (Å²) in [6.45, 7) is 5.74. The van der Waals surface area contributed by atoms with Crippen LogP contribution in [0.1, 0.15) is 36.5 Å². The van der Waals surface area contributed by atoms with Crippen LogP contribution in [0.4, 0.5) is 0 Å². The molecule has 0 unspecified atom stereocenters. The second-order valence-corrected chi connectivity index (χ2v) is 7.64. The molecule has 1 aromatic carbocycles. The van der Waals surface area contributed by atoms with E-state index in [4.69, 9.17) is 0 Å². The SMILES string of the molecule is Cc1nc(CCC(=O)N2CCC(Sc3ccccc3C)CC2)n[nH]1. The number of amides is 1. The molecule has 128 valence electrons. The van der Waals surface area contributed by atoms with Crippen LogP contribution in [0, 0.1) is 13.8 Å². The number of likely N-dealkylation sites (tertiary alicyclic amines) is 1. The molecule has 0 aliphatic carbocycles. The van der Waals surface area contributed by atoms with E-state index < -0.39 is 0 Å². The number of carbonyl (C=O) groups is 1. The van der Waals surface area contributed by atoms with E-state index in [1.807, 2.05) is 23.6 Å². The lowest BCUT2D eigenvalue weighted by atomic mass is 10.1. The van der Waals surface area contributed by atoms with Gasteiger partial charge in [0.25, 0.3) is 0 Å². The zero-order valence-electron chi connectivity index (χ0n) is 14.3. The van der Waals surface area contributed by atoms with Gasteiger partial charge >= 0.3 is 0 Å². The minimum absolute atomic E-state index is 0.219. The van der Waals surface area contributed by atoms with Crippen LogP contribution >= 0.6 is 11.8 Å². The van der Waals surface area contributed by atoms with Gasteiger partial charge in [-0.3, -0.25) is 9.89 Å². The third-order valence-electron chi connectivity index (χ3n) is 4.39. The highest BCUT2D eigenvalue weighted by Crippen LogP contribution is 2.32. The molecule has 1 saturated heterocycles. The summed E-state index contributed by atoms with van der Waals surface area (Å²) in [7, 11) is 0. The van der Waals surface area contributed by atoms with Crippen molar-refractivity contribution in [3.63, 3.8) is 0 Å². The molecule has 1 amide bonds. The molecular formula is C18H24N4OS. The van der Waals surface area contributed by atoms with Crippen molar-refractivity contribution in [2.24, 2.45) is 0 Å². The smallest absolute Gasteiger partial charge is 0.223 e. The molecule has 0 saturated carbocycles. The fourth-order valence-corrected chi connectivity index (χ4v) is 4.19. The average Bonchev–Trinajstić information content (AvgIpc) is 3.01. The number of aromatic nitrogens is 3. The molecule has 0 radical (unpaired) electrons. The van der Waals surface area contributed by atoms with Crippen LogP contribution in [-0.4, -0.2) is 44.3 Å². The first-order valence-electron chi connectivity index (χ1n) is 8.50. The lowest BCUT2D eigenvalue weighted by Crippen LogP contribution is -2.39. The molecule has 1 aliphatic heterocycles. The van der Waals surface area contributed by atoms with Crippen LogP contribution in [0.2, 0.25) is 0 Å². The number of H-pyrrole nitrogens is 1. The van der Waals surface area contributed by atoms with Crippen molar-refractivity contribution in [1.82, 2.24) is 20.1 Å². The quantitative estimate of drug-likeness (QED) is 0.905. The zero-order chi connectivity index (χ0) is 16.9. The summed E-state index contributed by atoms with van der Waals surface area (Å²) in [6, 6.07) is 8.53. The second kappa shape index (κ2) is 7.83. The topological polar surface area (TPSA) is 61.9 Å². The Morgan fingerprint density at radius 2 is 2.04 bits per heavy atom. The number of hydrogen-bond donors (Lipinski definition) is 1. The van der Waals surface area contributed by atoms with Gasteiger partial charge in [-0.15, -0.1) is 11.8 Å². The number of hydrogen-bond acceptors (Lipinski definition) is 4. The third-order valence-corrected chi connectivity index (χ3v) is 5.90. The number of benzene rings is 1. The van der Waals surface area contributed by atoms with Gasteiger partial charge in [0, 0.05) is 36.1 Å². The van der Waals surface area contributed by atoms with Crippen molar-refractivity contribution in [2.45, 2.75) is 49.7 Å². The summed E-state index contributed by atoms with van der Waals surface area (Å²) in [4.78, 5) is 20.0. The molecular weight excluding hydrogens is 320 g/mol. The maximum absolute atomic E-state index is 12.4. The Hall–Kier alpha value is -1.82. The molecule has 6 heteroatoms. The summed E-state index contributed by atoms with van der Waals surface area (Å²) < 4.78 is 0. The minimum Gasteiger partial charge on any atom is -0.343 e. The van der Waals surface area contributed by atoms with Crippen molar-refractivity contribution in [3.05, 3.63) is 41.5 Å². The molecule has 0 atom stereocenters. The lowest BCUT2D eigenvalue weighted by Gasteiger charge is -2.32.